The van der Waals surface area contributed by atoms with Crippen molar-refractivity contribution >= 4 is 39.4 Å². The van der Waals surface area contributed by atoms with Crippen LogP contribution in [0.3, 0.4) is 0 Å². The predicted octanol–water partition coefficient (Wildman–Crippen LogP) is 2.72. The first-order chi connectivity index (χ1) is 9.47. The van der Waals surface area contributed by atoms with Crippen molar-refractivity contribution in [3.05, 3.63) is 51.1 Å². The van der Waals surface area contributed by atoms with Crippen molar-refractivity contribution in [2.45, 2.75) is 6.54 Å². The summed E-state index contributed by atoms with van der Waals surface area (Å²) in [5.41, 5.74) is 0.214. The molecular weight excluding hydrogens is 351 g/mol. The summed E-state index contributed by atoms with van der Waals surface area (Å²) in [6.07, 6.45) is 1.48. The molecule has 0 saturated heterocycles. The topological polar surface area (TPSA) is 92.4 Å². The molecule has 0 fully saturated rings. The molecule has 0 bridgehead atoms. The molecule has 0 aromatic carbocycles. The van der Waals surface area contributed by atoms with Gasteiger partial charge in [-0.1, -0.05) is 11.6 Å². The second kappa shape index (κ2) is 6.06. The predicted molar refractivity (Wildman–Crippen MR) is 73.8 cm³/mol. The number of rotatable bonds is 4. The second-order valence-corrected chi connectivity index (χ2v) is 5.02. The Kier molecular flexibility index (Phi) is 4.41. The van der Waals surface area contributed by atoms with Crippen LogP contribution >= 0.6 is 27.5 Å². The second-order valence-electron chi connectivity index (χ2n) is 3.75. The summed E-state index contributed by atoms with van der Waals surface area (Å²) in [4.78, 5) is 26.4. The van der Waals surface area contributed by atoms with E-state index < -0.39 is 11.9 Å². The Hall–Kier alpha value is -1.86. The minimum Gasteiger partial charge on any atom is -0.475 e. The molecule has 1 amide bonds. The third-order valence-electron chi connectivity index (χ3n) is 2.35. The van der Waals surface area contributed by atoms with Crippen LogP contribution in [-0.4, -0.2) is 22.0 Å². The third-order valence-corrected chi connectivity index (χ3v) is 3.08. The molecule has 2 N–H and O–H groups in total. The molecule has 2 heterocycles. The summed E-state index contributed by atoms with van der Waals surface area (Å²) in [5.74, 6) is -1.45. The monoisotopic (exact) mass is 358 g/mol. The molecule has 2 aromatic heterocycles. The number of carboxylic acid groups (broad SMARTS) is 1. The molecule has 0 radical (unpaired) electrons. The zero-order chi connectivity index (χ0) is 14.7. The Balaban J connectivity index is 2.04. The van der Waals surface area contributed by atoms with Gasteiger partial charge in [0, 0.05) is 10.7 Å². The maximum atomic E-state index is 11.9. The average Bonchev–Trinajstić information content (AvgIpc) is 2.88. The maximum absolute atomic E-state index is 11.9. The number of carbonyl (C=O) groups excluding carboxylic acids is 1. The van der Waals surface area contributed by atoms with Gasteiger partial charge in [0.25, 0.3) is 5.91 Å². The molecule has 2 rings (SSSR count). The van der Waals surface area contributed by atoms with E-state index in [4.69, 9.17) is 21.1 Å². The number of amides is 1. The van der Waals surface area contributed by atoms with Gasteiger partial charge in [-0.3, -0.25) is 4.79 Å². The Morgan fingerprint density at radius 2 is 2.20 bits per heavy atom. The number of halogens is 2. The Morgan fingerprint density at radius 1 is 1.45 bits per heavy atom. The molecule has 8 heteroatoms. The van der Waals surface area contributed by atoms with Gasteiger partial charge in [0.1, 0.15) is 10.9 Å². The number of carboxylic acids is 1. The van der Waals surface area contributed by atoms with Crippen LogP contribution in [0.5, 0.6) is 0 Å². The fourth-order valence-electron chi connectivity index (χ4n) is 1.43. The zero-order valence-electron chi connectivity index (χ0n) is 9.89. The van der Waals surface area contributed by atoms with E-state index in [0.29, 0.717) is 10.2 Å². The molecule has 0 unspecified atom stereocenters. The first-order valence-corrected chi connectivity index (χ1v) is 6.55. The lowest BCUT2D eigenvalue weighted by Crippen LogP contribution is -2.23. The van der Waals surface area contributed by atoms with E-state index in [2.05, 4.69) is 26.2 Å². The van der Waals surface area contributed by atoms with Gasteiger partial charge in [-0.25, -0.2) is 9.78 Å². The van der Waals surface area contributed by atoms with Gasteiger partial charge in [0.15, 0.2) is 0 Å². The quantitative estimate of drug-likeness (QED) is 0.819. The van der Waals surface area contributed by atoms with E-state index in [-0.39, 0.29) is 23.0 Å². The first-order valence-electron chi connectivity index (χ1n) is 5.38. The lowest BCUT2D eigenvalue weighted by molar-refractivity contribution is 0.0660. The van der Waals surface area contributed by atoms with Crippen molar-refractivity contribution in [3.8, 4) is 0 Å². The van der Waals surface area contributed by atoms with Crippen molar-refractivity contribution < 1.29 is 19.1 Å². The number of nitrogens with one attached hydrogen (secondary N) is 1. The summed E-state index contributed by atoms with van der Waals surface area (Å²) >= 11 is 9.02. The number of aromatic carboxylic acids is 1. The zero-order valence-corrected chi connectivity index (χ0v) is 12.2. The molecule has 20 heavy (non-hydrogen) atoms. The Bertz CT molecular complexity index is 671. The number of hydrogen-bond donors (Lipinski definition) is 2. The van der Waals surface area contributed by atoms with E-state index in [1.807, 2.05) is 0 Å². The lowest BCUT2D eigenvalue weighted by Gasteiger charge is -2.05. The van der Waals surface area contributed by atoms with Crippen LogP contribution < -0.4 is 5.32 Å². The van der Waals surface area contributed by atoms with Crippen LogP contribution in [0.15, 0.2) is 33.3 Å². The largest absolute Gasteiger partial charge is 0.475 e. The molecular formula is C12H8BrClN2O4. The van der Waals surface area contributed by atoms with Crippen LogP contribution in [0.25, 0.3) is 0 Å². The lowest BCUT2D eigenvalue weighted by atomic mass is 10.2. The van der Waals surface area contributed by atoms with Crippen LogP contribution in [0, 0.1) is 0 Å². The normalized spacial score (nSPS) is 10.3. The molecule has 0 aliphatic heterocycles. The van der Waals surface area contributed by atoms with Gasteiger partial charge in [-0.05, 0) is 34.1 Å². The molecule has 6 nitrogen and oxygen atoms in total. The Labute approximate surface area is 126 Å². The van der Waals surface area contributed by atoms with E-state index in [9.17, 15) is 9.59 Å². The summed E-state index contributed by atoms with van der Waals surface area (Å²) in [6.45, 7) is 0.0506. The standard InChI is InChI=1S/C12H8BrClN2O4/c13-6-3-8(10(14)15-4-6)11(17)16-5-7-1-2-9(20-7)12(18)19/h1-4H,5H2,(H,16,17)(H,18,19). The summed E-state index contributed by atoms with van der Waals surface area (Å²) < 4.78 is 5.64. The minimum absolute atomic E-state index is 0.0506. The highest BCUT2D eigenvalue weighted by Gasteiger charge is 2.13. The fraction of sp³-hybridized carbons (Fsp3) is 0.0833. The first kappa shape index (κ1) is 14.5. The number of furan rings is 1. The van der Waals surface area contributed by atoms with Crippen LogP contribution in [0.1, 0.15) is 26.7 Å². The maximum Gasteiger partial charge on any atom is 0.371 e. The van der Waals surface area contributed by atoms with Gasteiger partial charge in [-0.15, -0.1) is 0 Å². The number of carbonyl (C=O) groups is 2. The molecule has 104 valence electrons. The highest BCUT2D eigenvalue weighted by molar-refractivity contribution is 9.10. The fourth-order valence-corrected chi connectivity index (χ4v) is 1.95. The molecule has 0 aliphatic carbocycles. The van der Waals surface area contributed by atoms with E-state index >= 15 is 0 Å². The van der Waals surface area contributed by atoms with Gasteiger partial charge in [0.05, 0.1) is 12.1 Å². The van der Waals surface area contributed by atoms with Crippen molar-refractivity contribution in [1.82, 2.24) is 10.3 Å². The van der Waals surface area contributed by atoms with Crippen molar-refractivity contribution in [3.63, 3.8) is 0 Å². The SMILES string of the molecule is O=C(O)c1ccc(CNC(=O)c2cc(Br)cnc2Cl)o1. The van der Waals surface area contributed by atoms with E-state index in [1.165, 1.54) is 24.4 Å². The van der Waals surface area contributed by atoms with Crippen LogP contribution in [0.2, 0.25) is 5.15 Å². The number of pyridine rings is 1. The van der Waals surface area contributed by atoms with Gasteiger partial charge < -0.3 is 14.8 Å². The molecule has 0 aliphatic rings. The smallest absolute Gasteiger partial charge is 0.371 e. The van der Waals surface area contributed by atoms with E-state index in [1.54, 1.807) is 0 Å². The third kappa shape index (κ3) is 3.37. The summed E-state index contributed by atoms with van der Waals surface area (Å²) in [5, 5.41) is 11.4. The average molecular weight is 360 g/mol. The molecule has 0 saturated carbocycles. The van der Waals surface area contributed by atoms with Crippen molar-refractivity contribution in [2.75, 3.05) is 0 Å². The van der Waals surface area contributed by atoms with Gasteiger partial charge in [0.2, 0.25) is 5.76 Å². The van der Waals surface area contributed by atoms with Gasteiger partial charge in [-0.2, -0.15) is 0 Å². The number of hydrogen-bond acceptors (Lipinski definition) is 4. The minimum atomic E-state index is -1.16. The van der Waals surface area contributed by atoms with Crippen molar-refractivity contribution in [1.29, 1.82) is 0 Å². The molecule has 0 spiro atoms. The molecule has 0 atom stereocenters. The van der Waals surface area contributed by atoms with Gasteiger partial charge >= 0.3 is 5.97 Å². The number of nitrogens with zero attached hydrogens (tertiary/aromatic N) is 1. The van der Waals surface area contributed by atoms with Crippen LogP contribution in [0.4, 0.5) is 0 Å². The highest BCUT2D eigenvalue weighted by atomic mass is 79.9. The summed E-state index contributed by atoms with van der Waals surface area (Å²) in [6, 6.07) is 4.33. The number of aromatic nitrogens is 1. The van der Waals surface area contributed by atoms with Crippen LogP contribution in [-0.2, 0) is 6.54 Å². The Morgan fingerprint density at radius 3 is 2.85 bits per heavy atom. The molecule has 2 aromatic rings. The summed E-state index contributed by atoms with van der Waals surface area (Å²) in [7, 11) is 0. The van der Waals surface area contributed by atoms with E-state index in [0.717, 1.165) is 0 Å². The highest BCUT2D eigenvalue weighted by Crippen LogP contribution is 2.18. The van der Waals surface area contributed by atoms with Crippen molar-refractivity contribution in [2.24, 2.45) is 0 Å².